The Morgan fingerprint density at radius 3 is 3.12 bits per heavy atom. The molecule has 122 valence electrons. The number of nitrogens with one attached hydrogen (secondary N) is 2. The van der Waals surface area contributed by atoms with E-state index in [0.717, 1.165) is 22.7 Å². The van der Waals surface area contributed by atoms with Gasteiger partial charge in [-0.3, -0.25) is 9.78 Å². The number of rotatable bonds is 4. The number of fused-ring (bicyclic) bond motifs is 2. The predicted molar refractivity (Wildman–Crippen MR) is 92.7 cm³/mol. The molecule has 0 fully saturated rings. The van der Waals surface area contributed by atoms with E-state index < -0.39 is 0 Å². The van der Waals surface area contributed by atoms with Crippen molar-refractivity contribution in [3.63, 3.8) is 0 Å². The molecule has 2 aromatic heterocycles. The van der Waals surface area contributed by atoms with Gasteiger partial charge in [0.25, 0.3) is 5.56 Å². The van der Waals surface area contributed by atoms with Crippen molar-refractivity contribution in [3.05, 3.63) is 68.0 Å². The largest absolute Gasteiger partial charge is 0.487 e. The van der Waals surface area contributed by atoms with Crippen LogP contribution in [0.1, 0.15) is 21.8 Å². The van der Waals surface area contributed by atoms with Crippen LogP contribution < -0.4 is 15.6 Å². The highest BCUT2D eigenvalue weighted by Crippen LogP contribution is 2.25. The quantitative estimate of drug-likeness (QED) is 0.762. The zero-order chi connectivity index (χ0) is 16.4. The fourth-order valence-electron chi connectivity index (χ4n) is 2.72. The Labute approximate surface area is 142 Å². The van der Waals surface area contributed by atoms with Gasteiger partial charge in [-0.1, -0.05) is 18.2 Å². The minimum Gasteiger partial charge on any atom is -0.487 e. The summed E-state index contributed by atoms with van der Waals surface area (Å²) in [6.07, 6.45) is 3.12. The molecule has 6 nitrogen and oxygen atoms in total. The lowest BCUT2D eigenvalue weighted by atomic mass is 10.1. The van der Waals surface area contributed by atoms with E-state index in [2.05, 4.69) is 20.3 Å². The van der Waals surface area contributed by atoms with Crippen molar-refractivity contribution >= 4 is 17.3 Å². The number of anilines is 1. The maximum Gasteiger partial charge on any atom is 0.256 e. The minimum absolute atomic E-state index is 0.114. The maximum absolute atomic E-state index is 12.4. The molecular formula is C17H16N4O2S. The van der Waals surface area contributed by atoms with Gasteiger partial charge in [-0.25, -0.2) is 9.97 Å². The molecule has 3 heterocycles. The molecule has 0 saturated heterocycles. The second kappa shape index (κ2) is 6.45. The van der Waals surface area contributed by atoms with E-state index in [1.807, 2.05) is 29.6 Å². The number of ether oxygens (including phenoxy) is 1. The van der Waals surface area contributed by atoms with Gasteiger partial charge in [0.05, 0.1) is 10.7 Å². The Morgan fingerprint density at radius 1 is 1.33 bits per heavy atom. The van der Waals surface area contributed by atoms with Gasteiger partial charge in [0, 0.05) is 36.5 Å². The van der Waals surface area contributed by atoms with Crippen molar-refractivity contribution in [2.24, 2.45) is 0 Å². The topological polar surface area (TPSA) is 79.9 Å². The van der Waals surface area contributed by atoms with Crippen LogP contribution in [0.2, 0.25) is 0 Å². The SMILES string of the molecule is O=c1[nH]c(NCCc2nccs2)nc2c1Cc1ccccc1OC2. The summed E-state index contributed by atoms with van der Waals surface area (Å²) in [7, 11) is 0. The number of benzene rings is 1. The van der Waals surface area contributed by atoms with Crippen LogP contribution in [-0.4, -0.2) is 21.5 Å². The van der Waals surface area contributed by atoms with Crippen LogP contribution >= 0.6 is 11.3 Å². The number of aromatic nitrogens is 3. The third-order valence-electron chi connectivity index (χ3n) is 3.92. The second-order valence-corrected chi connectivity index (χ2v) is 6.49. The lowest BCUT2D eigenvalue weighted by molar-refractivity contribution is 0.302. The molecule has 0 atom stereocenters. The number of H-pyrrole nitrogens is 1. The number of hydrogen-bond acceptors (Lipinski definition) is 6. The minimum atomic E-state index is -0.114. The van der Waals surface area contributed by atoms with Gasteiger partial charge in [-0.2, -0.15) is 0 Å². The van der Waals surface area contributed by atoms with Crippen LogP contribution in [0, 0.1) is 0 Å². The standard InChI is InChI=1S/C17H16N4O2S/c22-16-12-9-11-3-1-2-4-14(11)23-10-13(12)20-17(21-16)19-6-5-15-18-7-8-24-15/h1-4,7-8H,5-6,9-10H2,(H2,19,20,21,22). The van der Waals surface area contributed by atoms with Crippen LogP contribution in [0.5, 0.6) is 5.75 Å². The van der Waals surface area contributed by atoms with E-state index in [1.165, 1.54) is 0 Å². The molecule has 1 aliphatic heterocycles. The molecule has 0 spiro atoms. The second-order valence-electron chi connectivity index (χ2n) is 5.52. The Hall–Kier alpha value is -2.67. The molecule has 0 radical (unpaired) electrons. The van der Waals surface area contributed by atoms with Gasteiger partial charge in [-0.15, -0.1) is 11.3 Å². The first-order chi connectivity index (χ1) is 11.8. The molecule has 0 unspecified atom stereocenters. The lowest BCUT2D eigenvalue weighted by Crippen LogP contribution is -2.21. The van der Waals surface area contributed by atoms with Crippen molar-refractivity contribution in [1.29, 1.82) is 0 Å². The molecule has 0 aliphatic carbocycles. The highest BCUT2D eigenvalue weighted by atomic mass is 32.1. The summed E-state index contributed by atoms with van der Waals surface area (Å²) in [6, 6.07) is 7.77. The molecule has 7 heteroatoms. The van der Waals surface area contributed by atoms with Crippen molar-refractivity contribution in [2.75, 3.05) is 11.9 Å². The highest BCUT2D eigenvalue weighted by Gasteiger charge is 2.18. The van der Waals surface area contributed by atoms with Gasteiger partial charge >= 0.3 is 0 Å². The Bertz CT molecular complexity index is 905. The molecule has 0 amide bonds. The smallest absolute Gasteiger partial charge is 0.256 e. The number of hydrogen-bond donors (Lipinski definition) is 2. The Kier molecular flexibility index (Phi) is 4.00. The van der Waals surface area contributed by atoms with E-state index in [9.17, 15) is 4.79 Å². The third kappa shape index (κ3) is 3.03. The number of para-hydroxylation sites is 1. The summed E-state index contributed by atoms with van der Waals surface area (Å²) in [4.78, 5) is 24.0. The first-order valence-electron chi connectivity index (χ1n) is 7.74. The normalized spacial score (nSPS) is 12.7. The summed E-state index contributed by atoms with van der Waals surface area (Å²) in [5.74, 6) is 1.29. The van der Waals surface area contributed by atoms with Gasteiger partial charge in [0.15, 0.2) is 0 Å². The molecule has 24 heavy (non-hydrogen) atoms. The van der Waals surface area contributed by atoms with Crippen LogP contribution in [0.3, 0.4) is 0 Å². The molecule has 2 N–H and O–H groups in total. The zero-order valence-electron chi connectivity index (χ0n) is 12.9. The third-order valence-corrected chi connectivity index (χ3v) is 4.76. The summed E-state index contributed by atoms with van der Waals surface area (Å²) in [5.41, 5.74) is 2.25. The fourth-order valence-corrected chi connectivity index (χ4v) is 3.34. The van der Waals surface area contributed by atoms with Gasteiger partial charge in [-0.05, 0) is 11.6 Å². The molecule has 4 rings (SSSR count). The average Bonchev–Trinajstić information content (AvgIpc) is 3.02. The summed E-state index contributed by atoms with van der Waals surface area (Å²) >= 11 is 1.62. The molecular weight excluding hydrogens is 324 g/mol. The summed E-state index contributed by atoms with van der Waals surface area (Å²) in [5, 5.41) is 6.17. The Balaban J connectivity index is 1.53. The highest BCUT2D eigenvalue weighted by molar-refractivity contribution is 7.09. The van der Waals surface area contributed by atoms with Crippen molar-refractivity contribution in [1.82, 2.24) is 15.0 Å². The van der Waals surface area contributed by atoms with E-state index in [4.69, 9.17) is 4.74 Å². The molecule has 1 aromatic carbocycles. The Morgan fingerprint density at radius 2 is 2.25 bits per heavy atom. The van der Waals surface area contributed by atoms with Crippen LogP contribution in [0.15, 0.2) is 40.6 Å². The average molecular weight is 340 g/mol. The summed E-state index contributed by atoms with van der Waals surface area (Å²) < 4.78 is 5.80. The molecule has 0 bridgehead atoms. The van der Waals surface area contributed by atoms with E-state index in [-0.39, 0.29) is 5.56 Å². The van der Waals surface area contributed by atoms with Gasteiger partial charge in [0.2, 0.25) is 5.95 Å². The van der Waals surface area contributed by atoms with Crippen LogP contribution in [0.4, 0.5) is 5.95 Å². The monoisotopic (exact) mass is 340 g/mol. The predicted octanol–water partition coefficient (Wildman–Crippen LogP) is 2.36. The lowest BCUT2D eigenvalue weighted by Gasteiger charge is -2.08. The van der Waals surface area contributed by atoms with E-state index >= 15 is 0 Å². The first kappa shape index (κ1) is 14.9. The first-order valence-corrected chi connectivity index (χ1v) is 8.62. The zero-order valence-corrected chi connectivity index (χ0v) is 13.7. The van der Waals surface area contributed by atoms with E-state index in [0.29, 0.717) is 36.8 Å². The van der Waals surface area contributed by atoms with Crippen LogP contribution in [0.25, 0.3) is 0 Å². The maximum atomic E-state index is 12.4. The van der Waals surface area contributed by atoms with Crippen molar-refractivity contribution < 1.29 is 4.74 Å². The summed E-state index contributed by atoms with van der Waals surface area (Å²) in [6.45, 7) is 0.966. The van der Waals surface area contributed by atoms with Crippen LogP contribution in [-0.2, 0) is 19.4 Å². The van der Waals surface area contributed by atoms with Crippen molar-refractivity contribution in [2.45, 2.75) is 19.4 Å². The molecule has 1 aliphatic rings. The number of aromatic amines is 1. The number of nitrogens with zero attached hydrogens (tertiary/aromatic N) is 2. The van der Waals surface area contributed by atoms with Gasteiger partial charge < -0.3 is 10.1 Å². The van der Waals surface area contributed by atoms with Gasteiger partial charge in [0.1, 0.15) is 12.4 Å². The number of thiazole rings is 1. The molecule has 3 aromatic rings. The molecule has 0 saturated carbocycles. The van der Waals surface area contributed by atoms with E-state index in [1.54, 1.807) is 17.5 Å². The fraction of sp³-hybridized carbons (Fsp3) is 0.235. The van der Waals surface area contributed by atoms with Crippen molar-refractivity contribution in [3.8, 4) is 5.75 Å².